The van der Waals surface area contributed by atoms with Gasteiger partial charge in [0.05, 0.1) is 18.8 Å². The number of sulfonamides is 1. The number of hydrogen-bond donors (Lipinski definition) is 1. The zero-order valence-electron chi connectivity index (χ0n) is 10.7. The zero-order valence-corrected chi connectivity index (χ0v) is 12.4. The van der Waals surface area contributed by atoms with E-state index in [-0.39, 0.29) is 16.4 Å². The van der Waals surface area contributed by atoms with Crippen molar-refractivity contribution in [3.8, 4) is 0 Å². The number of esters is 1. The lowest BCUT2D eigenvalue weighted by atomic mass is 10.4. The van der Waals surface area contributed by atoms with Crippen LogP contribution in [0, 0.1) is 0 Å². The highest BCUT2D eigenvalue weighted by molar-refractivity contribution is 7.91. The van der Waals surface area contributed by atoms with E-state index in [1.807, 2.05) is 0 Å². The Morgan fingerprint density at radius 3 is 2.90 bits per heavy atom. The first-order valence-electron chi connectivity index (χ1n) is 5.42. The van der Waals surface area contributed by atoms with E-state index in [1.165, 1.54) is 25.9 Å². The van der Waals surface area contributed by atoms with Crippen LogP contribution in [0.2, 0.25) is 0 Å². The number of carbonyl (C=O) groups excluding carboxylic acids is 1. The molecule has 0 aliphatic rings. The topological polar surface area (TPSA) is 105 Å². The SMILES string of the molecule is COC(=O)c1ncsc1S(=O)(=O)N(C)Cc1cn[nH]c1. The summed E-state index contributed by atoms with van der Waals surface area (Å²) in [7, 11) is -1.22. The molecule has 108 valence electrons. The predicted molar refractivity (Wildman–Crippen MR) is 70.7 cm³/mol. The number of nitrogens with zero attached hydrogens (tertiary/aromatic N) is 3. The van der Waals surface area contributed by atoms with Crippen molar-refractivity contribution in [2.75, 3.05) is 14.2 Å². The lowest BCUT2D eigenvalue weighted by molar-refractivity contribution is 0.0590. The number of aromatic nitrogens is 3. The smallest absolute Gasteiger partial charge is 0.358 e. The van der Waals surface area contributed by atoms with Gasteiger partial charge in [0.15, 0.2) is 9.90 Å². The van der Waals surface area contributed by atoms with E-state index < -0.39 is 16.0 Å². The molecule has 0 bridgehead atoms. The molecule has 2 rings (SSSR count). The van der Waals surface area contributed by atoms with Gasteiger partial charge in [0.2, 0.25) is 0 Å². The first-order chi connectivity index (χ1) is 9.46. The standard InChI is InChI=1S/C10H12N4O4S2/c1-14(5-7-3-12-13-4-7)20(16,17)10-8(9(15)18-2)11-6-19-10/h3-4,6H,5H2,1-2H3,(H,12,13). The minimum atomic E-state index is -3.81. The van der Waals surface area contributed by atoms with Crippen LogP contribution >= 0.6 is 11.3 Å². The molecule has 0 radical (unpaired) electrons. The van der Waals surface area contributed by atoms with E-state index in [1.54, 1.807) is 6.20 Å². The van der Waals surface area contributed by atoms with Gasteiger partial charge < -0.3 is 4.74 Å². The molecule has 0 spiro atoms. The average Bonchev–Trinajstić information content (AvgIpc) is 3.08. The number of H-pyrrole nitrogens is 1. The van der Waals surface area contributed by atoms with E-state index in [2.05, 4.69) is 19.9 Å². The second kappa shape index (κ2) is 5.69. The van der Waals surface area contributed by atoms with Crippen LogP contribution in [0.4, 0.5) is 0 Å². The molecule has 0 aliphatic carbocycles. The normalized spacial score (nSPS) is 11.8. The second-order valence-corrected chi connectivity index (χ2v) is 6.94. The molecular formula is C10H12N4O4S2. The van der Waals surface area contributed by atoms with Crippen molar-refractivity contribution >= 4 is 27.3 Å². The van der Waals surface area contributed by atoms with Crippen LogP contribution < -0.4 is 0 Å². The summed E-state index contributed by atoms with van der Waals surface area (Å²) in [5.74, 6) is -0.776. The lowest BCUT2D eigenvalue weighted by Gasteiger charge is -2.15. The molecule has 0 atom stereocenters. The predicted octanol–water partition coefficient (Wildman–Crippen LogP) is 0.474. The number of nitrogens with one attached hydrogen (secondary N) is 1. The van der Waals surface area contributed by atoms with Crippen molar-refractivity contribution in [3.63, 3.8) is 0 Å². The third-order valence-electron chi connectivity index (χ3n) is 2.52. The minimum Gasteiger partial charge on any atom is -0.464 e. The third-order valence-corrected chi connectivity index (χ3v) is 5.67. The van der Waals surface area contributed by atoms with Gasteiger partial charge in [-0.15, -0.1) is 11.3 Å². The summed E-state index contributed by atoms with van der Waals surface area (Å²) in [6.45, 7) is 0.136. The van der Waals surface area contributed by atoms with Crippen LogP contribution in [0.25, 0.3) is 0 Å². The Kier molecular flexibility index (Phi) is 4.16. The minimum absolute atomic E-state index is 0.129. The number of rotatable bonds is 5. The Balaban J connectivity index is 2.30. The Morgan fingerprint density at radius 1 is 1.55 bits per heavy atom. The van der Waals surface area contributed by atoms with Crippen LogP contribution in [-0.4, -0.2) is 48.0 Å². The number of ether oxygens (including phenoxy) is 1. The molecule has 20 heavy (non-hydrogen) atoms. The van der Waals surface area contributed by atoms with Gasteiger partial charge >= 0.3 is 5.97 Å². The van der Waals surface area contributed by atoms with E-state index in [9.17, 15) is 13.2 Å². The van der Waals surface area contributed by atoms with Gasteiger partial charge in [-0.1, -0.05) is 0 Å². The molecule has 0 aromatic carbocycles. The molecule has 1 N–H and O–H groups in total. The molecule has 0 unspecified atom stereocenters. The van der Waals surface area contributed by atoms with Crippen molar-refractivity contribution < 1.29 is 17.9 Å². The first-order valence-corrected chi connectivity index (χ1v) is 7.74. The fourth-order valence-electron chi connectivity index (χ4n) is 1.50. The Labute approximate surface area is 119 Å². The van der Waals surface area contributed by atoms with Crippen LogP contribution in [0.15, 0.2) is 22.1 Å². The van der Waals surface area contributed by atoms with Crippen molar-refractivity contribution in [1.82, 2.24) is 19.5 Å². The first kappa shape index (κ1) is 14.6. The molecule has 0 fully saturated rings. The summed E-state index contributed by atoms with van der Waals surface area (Å²) in [6, 6.07) is 0. The van der Waals surface area contributed by atoms with Crippen LogP contribution in [0.3, 0.4) is 0 Å². The van der Waals surface area contributed by atoms with E-state index in [0.717, 1.165) is 15.6 Å². The van der Waals surface area contributed by atoms with Gasteiger partial charge in [0.25, 0.3) is 10.0 Å². The van der Waals surface area contributed by atoms with Gasteiger partial charge in [-0.2, -0.15) is 9.40 Å². The molecule has 0 saturated heterocycles. The van der Waals surface area contributed by atoms with E-state index in [0.29, 0.717) is 5.56 Å². The Bertz CT molecular complexity index is 693. The van der Waals surface area contributed by atoms with Gasteiger partial charge in [-0.05, 0) is 0 Å². The van der Waals surface area contributed by atoms with Crippen LogP contribution in [0.1, 0.15) is 16.1 Å². The van der Waals surface area contributed by atoms with Crippen molar-refractivity contribution in [1.29, 1.82) is 0 Å². The Morgan fingerprint density at radius 2 is 2.30 bits per heavy atom. The fraction of sp³-hybridized carbons (Fsp3) is 0.300. The third kappa shape index (κ3) is 2.71. The average molecular weight is 316 g/mol. The molecule has 2 aromatic rings. The number of aromatic amines is 1. The number of methoxy groups -OCH3 is 1. The quantitative estimate of drug-likeness (QED) is 0.804. The highest BCUT2D eigenvalue weighted by Gasteiger charge is 2.30. The maximum atomic E-state index is 12.4. The van der Waals surface area contributed by atoms with Gasteiger partial charge in [-0.25, -0.2) is 18.2 Å². The summed E-state index contributed by atoms with van der Waals surface area (Å²) < 4.78 is 30.4. The van der Waals surface area contributed by atoms with Crippen molar-refractivity contribution in [2.24, 2.45) is 0 Å². The highest BCUT2D eigenvalue weighted by Crippen LogP contribution is 2.24. The largest absolute Gasteiger partial charge is 0.464 e. The van der Waals surface area contributed by atoms with E-state index >= 15 is 0 Å². The summed E-state index contributed by atoms with van der Waals surface area (Å²) in [6.07, 6.45) is 3.12. The molecule has 0 saturated carbocycles. The summed E-state index contributed by atoms with van der Waals surface area (Å²) >= 11 is 0.876. The molecule has 2 aromatic heterocycles. The fourth-order valence-corrected chi connectivity index (χ4v) is 3.98. The maximum Gasteiger partial charge on any atom is 0.358 e. The van der Waals surface area contributed by atoms with Crippen molar-refractivity contribution in [2.45, 2.75) is 10.8 Å². The lowest BCUT2D eigenvalue weighted by Crippen LogP contribution is -2.27. The van der Waals surface area contributed by atoms with Crippen LogP contribution in [-0.2, 0) is 21.3 Å². The Hall–Kier alpha value is -1.78. The molecule has 8 nitrogen and oxygen atoms in total. The number of carbonyl (C=O) groups is 1. The highest BCUT2D eigenvalue weighted by atomic mass is 32.2. The maximum absolute atomic E-state index is 12.4. The monoisotopic (exact) mass is 316 g/mol. The summed E-state index contributed by atoms with van der Waals surface area (Å²) in [5.41, 5.74) is 1.81. The van der Waals surface area contributed by atoms with Gasteiger partial charge in [-0.3, -0.25) is 5.10 Å². The molecule has 0 aliphatic heterocycles. The summed E-state index contributed by atoms with van der Waals surface area (Å²) in [5, 5.41) is 6.35. The number of thiazole rings is 1. The second-order valence-electron chi connectivity index (χ2n) is 3.85. The van der Waals surface area contributed by atoms with E-state index in [4.69, 9.17) is 0 Å². The van der Waals surface area contributed by atoms with Gasteiger partial charge in [0, 0.05) is 25.4 Å². The number of hydrogen-bond acceptors (Lipinski definition) is 7. The van der Waals surface area contributed by atoms with Crippen molar-refractivity contribution in [3.05, 3.63) is 29.2 Å². The zero-order chi connectivity index (χ0) is 14.8. The van der Waals surface area contributed by atoms with Crippen LogP contribution in [0.5, 0.6) is 0 Å². The van der Waals surface area contributed by atoms with Gasteiger partial charge in [0.1, 0.15) is 0 Å². The molecule has 2 heterocycles. The molecule has 10 heteroatoms. The molecule has 0 amide bonds. The summed E-state index contributed by atoms with van der Waals surface area (Å²) in [4.78, 5) is 15.3. The molecular weight excluding hydrogens is 304 g/mol.